The van der Waals surface area contributed by atoms with Gasteiger partial charge in [-0.2, -0.15) is 0 Å². The van der Waals surface area contributed by atoms with Crippen LogP contribution in [0.4, 0.5) is 5.95 Å². The zero-order valence-electron chi connectivity index (χ0n) is 15.8. The van der Waals surface area contributed by atoms with Crippen molar-refractivity contribution in [2.24, 2.45) is 5.92 Å². The first-order valence-corrected chi connectivity index (χ1v) is 9.86. The van der Waals surface area contributed by atoms with Crippen molar-refractivity contribution in [1.82, 2.24) is 20.3 Å². The smallest absolute Gasteiger partial charge is 0.253 e. The summed E-state index contributed by atoms with van der Waals surface area (Å²) in [6, 6.07) is 13.5. The fourth-order valence-corrected chi connectivity index (χ4v) is 3.85. The maximum absolute atomic E-state index is 13.0. The first kappa shape index (κ1) is 18.2. The minimum Gasteiger partial charge on any atom is -0.368 e. The number of carbonyl (C=O) groups is 1. The average molecular weight is 375 g/mol. The highest BCUT2D eigenvalue weighted by molar-refractivity contribution is 6.01. The van der Waals surface area contributed by atoms with Crippen LogP contribution in [0.25, 0.3) is 22.6 Å². The number of rotatable bonds is 5. The number of hydrogen-bond donors (Lipinski definition) is 3. The Balaban J connectivity index is 1.63. The summed E-state index contributed by atoms with van der Waals surface area (Å²) >= 11 is 0. The molecule has 1 fully saturated rings. The first-order chi connectivity index (χ1) is 13.7. The van der Waals surface area contributed by atoms with Gasteiger partial charge in [0.15, 0.2) is 0 Å². The minimum absolute atomic E-state index is 0.0612. The van der Waals surface area contributed by atoms with Crippen LogP contribution >= 0.6 is 0 Å². The second-order valence-corrected chi connectivity index (χ2v) is 7.35. The Hall–Kier alpha value is -3.15. The molecule has 0 aliphatic heterocycles. The predicted octanol–water partition coefficient (Wildman–Crippen LogP) is 4.03. The fraction of sp³-hybridized carbons (Fsp3) is 0.318. The van der Waals surface area contributed by atoms with Crippen molar-refractivity contribution in [3.8, 4) is 22.6 Å². The van der Waals surface area contributed by atoms with Crippen molar-refractivity contribution in [3.05, 3.63) is 54.2 Å². The molecular weight excluding hydrogens is 350 g/mol. The molecule has 6 heteroatoms. The van der Waals surface area contributed by atoms with Gasteiger partial charge < -0.3 is 16.0 Å². The lowest BCUT2D eigenvalue weighted by Crippen LogP contribution is -2.30. The summed E-state index contributed by atoms with van der Waals surface area (Å²) in [5.41, 5.74) is 9.50. The van der Waals surface area contributed by atoms with Crippen molar-refractivity contribution in [2.75, 3.05) is 12.3 Å². The van der Waals surface area contributed by atoms with Crippen LogP contribution < -0.4 is 11.1 Å². The van der Waals surface area contributed by atoms with Crippen LogP contribution in [-0.4, -0.2) is 27.4 Å². The summed E-state index contributed by atoms with van der Waals surface area (Å²) in [4.78, 5) is 24.6. The number of H-pyrrole nitrogens is 1. The number of hydrogen-bond acceptors (Lipinski definition) is 4. The molecule has 2 aromatic heterocycles. The van der Waals surface area contributed by atoms with Crippen LogP contribution in [-0.2, 0) is 0 Å². The number of aromatic nitrogens is 3. The third kappa shape index (κ3) is 4.06. The second kappa shape index (κ2) is 8.25. The van der Waals surface area contributed by atoms with Crippen LogP contribution in [0.5, 0.6) is 0 Å². The predicted molar refractivity (Wildman–Crippen MR) is 111 cm³/mol. The van der Waals surface area contributed by atoms with Crippen molar-refractivity contribution in [1.29, 1.82) is 0 Å². The maximum Gasteiger partial charge on any atom is 0.253 e. The van der Waals surface area contributed by atoms with Crippen molar-refractivity contribution in [3.63, 3.8) is 0 Å². The number of nitrogens with two attached hydrogens (primary N) is 1. The van der Waals surface area contributed by atoms with E-state index in [2.05, 4.69) is 20.3 Å². The summed E-state index contributed by atoms with van der Waals surface area (Å²) < 4.78 is 0. The Labute approximate surface area is 164 Å². The molecule has 0 bridgehead atoms. The van der Waals surface area contributed by atoms with Gasteiger partial charge in [-0.05, 0) is 36.5 Å². The number of aromatic amines is 1. The molecule has 0 atom stereocenters. The van der Waals surface area contributed by atoms with Crippen LogP contribution in [0.15, 0.2) is 48.7 Å². The minimum atomic E-state index is -0.0612. The Bertz CT molecular complexity index is 945. The standard InChI is InChI=1S/C22H25N5O/c23-22-24-12-11-18(27-22)19-13-17(20(26-19)16-9-5-2-6-10-16)21(28)25-14-15-7-3-1-4-8-15/h2,5-6,9-13,15,26H,1,3-4,7-8,14H2,(H,25,28)(H2,23,24,27). The molecule has 0 saturated heterocycles. The van der Waals surface area contributed by atoms with Crippen molar-refractivity contribution in [2.45, 2.75) is 32.1 Å². The van der Waals surface area contributed by atoms with E-state index in [1.165, 1.54) is 32.1 Å². The monoisotopic (exact) mass is 375 g/mol. The zero-order valence-corrected chi connectivity index (χ0v) is 15.8. The Morgan fingerprint density at radius 3 is 2.68 bits per heavy atom. The SMILES string of the molecule is Nc1nccc(-c2cc(C(=O)NCC3CCCCC3)c(-c3ccccc3)[nH]2)n1. The summed E-state index contributed by atoms with van der Waals surface area (Å²) in [5.74, 6) is 0.726. The molecule has 1 aliphatic carbocycles. The van der Waals surface area contributed by atoms with Gasteiger partial charge >= 0.3 is 0 Å². The number of nitrogens with zero attached hydrogens (tertiary/aromatic N) is 2. The van der Waals surface area contributed by atoms with Crippen LogP contribution in [0.3, 0.4) is 0 Å². The van der Waals surface area contributed by atoms with Gasteiger partial charge in [-0.15, -0.1) is 0 Å². The van der Waals surface area contributed by atoms with E-state index >= 15 is 0 Å². The van der Waals surface area contributed by atoms with Gasteiger partial charge in [0, 0.05) is 12.7 Å². The van der Waals surface area contributed by atoms with E-state index in [0.717, 1.165) is 23.5 Å². The Morgan fingerprint density at radius 2 is 1.93 bits per heavy atom. The molecule has 0 radical (unpaired) electrons. The van der Waals surface area contributed by atoms with Gasteiger partial charge in [0.1, 0.15) is 0 Å². The molecule has 144 valence electrons. The lowest BCUT2D eigenvalue weighted by Gasteiger charge is -2.21. The summed E-state index contributed by atoms with van der Waals surface area (Å²) in [7, 11) is 0. The van der Waals surface area contributed by atoms with E-state index < -0.39 is 0 Å². The highest BCUT2D eigenvalue weighted by Gasteiger charge is 2.20. The largest absolute Gasteiger partial charge is 0.368 e. The normalized spacial score (nSPS) is 14.7. The molecule has 6 nitrogen and oxygen atoms in total. The Morgan fingerprint density at radius 1 is 1.14 bits per heavy atom. The van der Waals surface area contributed by atoms with E-state index in [1.807, 2.05) is 36.4 Å². The highest BCUT2D eigenvalue weighted by Crippen LogP contribution is 2.29. The molecule has 1 amide bonds. The lowest BCUT2D eigenvalue weighted by molar-refractivity contribution is 0.0944. The van der Waals surface area contributed by atoms with E-state index in [9.17, 15) is 4.79 Å². The van der Waals surface area contributed by atoms with Crippen molar-refractivity contribution < 1.29 is 4.79 Å². The molecule has 2 heterocycles. The van der Waals surface area contributed by atoms with Crippen molar-refractivity contribution >= 4 is 11.9 Å². The fourth-order valence-electron chi connectivity index (χ4n) is 3.85. The molecular formula is C22H25N5O. The third-order valence-electron chi connectivity index (χ3n) is 5.35. The Kier molecular flexibility index (Phi) is 5.37. The number of amides is 1. The van der Waals surface area contributed by atoms with E-state index in [0.29, 0.717) is 17.2 Å². The zero-order chi connectivity index (χ0) is 19.3. The van der Waals surface area contributed by atoms with E-state index in [1.54, 1.807) is 12.3 Å². The number of carbonyl (C=O) groups excluding carboxylic acids is 1. The van der Waals surface area contributed by atoms with Gasteiger partial charge in [0.2, 0.25) is 5.95 Å². The molecule has 4 rings (SSSR count). The topological polar surface area (TPSA) is 96.7 Å². The maximum atomic E-state index is 13.0. The molecule has 1 aliphatic rings. The van der Waals surface area contributed by atoms with E-state index in [4.69, 9.17) is 5.73 Å². The molecule has 3 aromatic rings. The summed E-state index contributed by atoms with van der Waals surface area (Å²) in [5, 5.41) is 3.14. The molecule has 0 spiro atoms. The molecule has 1 saturated carbocycles. The van der Waals surface area contributed by atoms with Gasteiger partial charge in [-0.3, -0.25) is 4.79 Å². The molecule has 1 aromatic carbocycles. The number of nitrogens with one attached hydrogen (secondary N) is 2. The molecule has 0 unspecified atom stereocenters. The number of nitrogen functional groups attached to an aromatic ring is 1. The van der Waals surface area contributed by atoms with Crippen LogP contribution in [0.2, 0.25) is 0 Å². The first-order valence-electron chi connectivity index (χ1n) is 9.86. The van der Waals surface area contributed by atoms with Gasteiger partial charge in [-0.1, -0.05) is 49.6 Å². The third-order valence-corrected chi connectivity index (χ3v) is 5.35. The van der Waals surface area contributed by atoms with Crippen LogP contribution in [0, 0.1) is 5.92 Å². The number of benzene rings is 1. The van der Waals surface area contributed by atoms with Gasteiger partial charge in [-0.25, -0.2) is 9.97 Å². The summed E-state index contributed by atoms with van der Waals surface area (Å²) in [6.45, 7) is 0.730. The lowest BCUT2D eigenvalue weighted by atomic mass is 9.89. The summed E-state index contributed by atoms with van der Waals surface area (Å²) in [6.07, 6.45) is 7.85. The average Bonchev–Trinajstić information content (AvgIpc) is 3.19. The molecule has 28 heavy (non-hydrogen) atoms. The van der Waals surface area contributed by atoms with Crippen LogP contribution in [0.1, 0.15) is 42.5 Å². The highest BCUT2D eigenvalue weighted by atomic mass is 16.1. The molecule has 4 N–H and O–H groups in total. The van der Waals surface area contributed by atoms with E-state index in [-0.39, 0.29) is 11.9 Å². The quantitative estimate of drug-likeness (QED) is 0.627. The van der Waals surface area contributed by atoms with Gasteiger partial charge in [0.25, 0.3) is 5.91 Å². The second-order valence-electron chi connectivity index (χ2n) is 7.35. The number of anilines is 1. The van der Waals surface area contributed by atoms with Gasteiger partial charge in [0.05, 0.1) is 22.6 Å².